The minimum absolute atomic E-state index is 0.226. The largest absolute Gasteiger partial charge is 0.413 e. The summed E-state index contributed by atoms with van der Waals surface area (Å²) in [6.07, 6.45) is 2.36. The molecule has 0 aromatic heterocycles. The van der Waals surface area contributed by atoms with Crippen LogP contribution in [0.1, 0.15) is 20.8 Å². The third kappa shape index (κ3) is 7.49. The lowest BCUT2D eigenvalue weighted by Crippen LogP contribution is -2.43. The summed E-state index contributed by atoms with van der Waals surface area (Å²) < 4.78 is 7.40. The molecule has 0 heterocycles. The molecule has 0 unspecified atom stereocenters. The standard InChI is InChI=1S/C33H40OP2Si/c1-4-37(5-2,6-3)34-29(27-35(30-19-11-7-12-20-30)31-21-13-8-14-22-31)28-36(32-23-15-9-16-24-32)33-25-17-10-18-26-33/h7-26,29H,4-6,27-28H2,1-3H3. The molecule has 192 valence electrons. The molecule has 0 spiro atoms. The van der Waals surface area contributed by atoms with Crippen LogP contribution in [0.4, 0.5) is 0 Å². The van der Waals surface area contributed by atoms with E-state index in [1.807, 2.05) is 0 Å². The van der Waals surface area contributed by atoms with Crippen LogP contribution in [0.2, 0.25) is 18.1 Å². The van der Waals surface area contributed by atoms with Crippen molar-refractivity contribution >= 4 is 45.4 Å². The molecule has 1 nitrogen and oxygen atoms in total. The van der Waals surface area contributed by atoms with Gasteiger partial charge in [-0.1, -0.05) is 142 Å². The van der Waals surface area contributed by atoms with Gasteiger partial charge in [-0.15, -0.1) is 0 Å². The van der Waals surface area contributed by atoms with E-state index in [2.05, 4.69) is 142 Å². The average Bonchev–Trinajstić information content (AvgIpc) is 2.99. The molecule has 0 aliphatic carbocycles. The molecule has 0 N–H and O–H groups in total. The van der Waals surface area contributed by atoms with Gasteiger partial charge in [-0.3, -0.25) is 0 Å². The molecule has 0 aliphatic heterocycles. The number of rotatable bonds is 13. The lowest BCUT2D eigenvalue weighted by atomic mass is 10.4. The zero-order valence-electron chi connectivity index (χ0n) is 22.5. The third-order valence-electron chi connectivity index (χ3n) is 7.39. The Morgan fingerprint density at radius 2 is 0.757 bits per heavy atom. The van der Waals surface area contributed by atoms with Gasteiger partial charge in [0.15, 0.2) is 8.32 Å². The fourth-order valence-corrected chi connectivity index (χ4v) is 13.2. The van der Waals surface area contributed by atoms with Crippen LogP contribution in [0, 0.1) is 0 Å². The zero-order valence-corrected chi connectivity index (χ0v) is 25.3. The summed E-state index contributed by atoms with van der Waals surface area (Å²) in [7, 11) is -2.84. The monoisotopic (exact) mass is 542 g/mol. The molecule has 4 heteroatoms. The molecule has 0 amide bonds. The smallest absolute Gasteiger partial charge is 0.192 e. The van der Waals surface area contributed by atoms with E-state index in [0.717, 1.165) is 12.3 Å². The second-order valence-electron chi connectivity index (χ2n) is 9.55. The van der Waals surface area contributed by atoms with E-state index in [4.69, 9.17) is 4.43 Å². The normalized spacial score (nSPS) is 11.9. The molecule has 0 saturated heterocycles. The van der Waals surface area contributed by atoms with Crippen molar-refractivity contribution < 1.29 is 4.43 Å². The van der Waals surface area contributed by atoms with E-state index in [1.54, 1.807) is 0 Å². The average molecular weight is 543 g/mol. The molecule has 0 saturated carbocycles. The quantitative estimate of drug-likeness (QED) is 0.125. The summed E-state index contributed by atoms with van der Waals surface area (Å²) in [6.45, 7) is 7.06. The highest BCUT2D eigenvalue weighted by molar-refractivity contribution is 7.74. The maximum Gasteiger partial charge on any atom is 0.192 e. The highest BCUT2D eigenvalue weighted by Crippen LogP contribution is 2.42. The molecular weight excluding hydrogens is 502 g/mol. The van der Waals surface area contributed by atoms with Gasteiger partial charge in [0, 0.05) is 12.3 Å². The van der Waals surface area contributed by atoms with Crippen LogP contribution in [-0.2, 0) is 4.43 Å². The van der Waals surface area contributed by atoms with E-state index >= 15 is 0 Å². The fraction of sp³-hybridized carbons (Fsp3) is 0.273. The Bertz CT molecular complexity index is 996. The highest BCUT2D eigenvalue weighted by Gasteiger charge is 2.35. The second-order valence-corrected chi connectivity index (χ2v) is 18.8. The van der Waals surface area contributed by atoms with Crippen molar-refractivity contribution in [2.75, 3.05) is 12.3 Å². The molecule has 4 rings (SSSR count). The predicted molar refractivity (Wildman–Crippen MR) is 170 cm³/mol. The molecule has 0 bridgehead atoms. The predicted octanol–water partition coefficient (Wildman–Crippen LogP) is 7.64. The molecule has 4 aromatic carbocycles. The SMILES string of the molecule is CC[Si](CC)(CC)OC(CP(c1ccccc1)c1ccccc1)CP(c1ccccc1)c1ccccc1. The van der Waals surface area contributed by atoms with Crippen LogP contribution in [0.3, 0.4) is 0 Å². The molecule has 4 aromatic rings. The Labute approximate surface area is 228 Å². The van der Waals surface area contributed by atoms with Crippen LogP contribution in [0.25, 0.3) is 0 Å². The van der Waals surface area contributed by atoms with Crippen LogP contribution in [-0.4, -0.2) is 26.7 Å². The minimum Gasteiger partial charge on any atom is -0.413 e. The van der Waals surface area contributed by atoms with Gasteiger partial charge in [-0.05, 0) is 55.2 Å². The number of hydrogen-bond acceptors (Lipinski definition) is 1. The highest BCUT2D eigenvalue weighted by atomic mass is 31.1. The van der Waals surface area contributed by atoms with E-state index in [9.17, 15) is 0 Å². The maximum absolute atomic E-state index is 7.40. The first-order valence-electron chi connectivity index (χ1n) is 13.6. The summed E-state index contributed by atoms with van der Waals surface area (Å²) in [5, 5.41) is 5.77. The van der Waals surface area contributed by atoms with Crippen LogP contribution >= 0.6 is 15.8 Å². The zero-order chi connectivity index (χ0) is 25.9. The maximum atomic E-state index is 7.40. The summed E-state index contributed by atoms with van der Waals surface area (Å²) in [4.78, 5) is 0. The minimum atomic E-state index is -1.80. The molecular formula is C33H40OP2Si. The Morgan fingerprint density at radius 3 is 1.00 bits per heavy atom. The van der Waals surface area contributed by atoms with Crippen molar-refractivity contribution in [1.29, 1.82) is 0 Å². The van der Waals surface area contributed by atoms with Gasteiger partial charge in [0.2, 0.25) is 0 Å². The Morgan fingerprint density at radius 1 is 0.486 bits per heavy atom. The second kappa shape index (κ2) is 14.2. The van der Waals surface area contributed by atoms with Crippen LogP contribution in [0.5, 0.6) is 0 Å². The van der Waals surface area contributed by atoms with Gasteiger partial charge >= 0.3 is 0 Å². The van der Waals surface area contributed by atoms with Gasteiger partial charge in [0.25, 0.3) is 0 Å². The Kier molecular flexibility index (Phi) is 10.7. The molecule has 0 aliphatic rings. The van der Waals surface area contributed by atoms with Gasteiger partial charge in [-0.2, -0.15) is 0 Å². The van der Waals surface area contributed by atoms with Crippen molar-refractivity contribution in [3.05, 3.63) is 121 Å². The topological polar surface area (TPSA) is 9.23 Å². The first-order valence-corrected chi connectivity index (χ1v) is 19.2. The van der Waals surface area contributed by atoms with Crippen LogP contribution < -0.4 is 21.2 Å². The summed E-state index contributed by atoms with van der Waals surface area (Å²) in [5.74, 6) is 0. The van der Waals surface area contributed by atoms with Crippen molar-refractivity contribution in [2.24, 2.45) is 0 Å². The van der Waals surface area contributed by atoms with Gasteiger partial charge in [0.1, 0.15) is 0 Å². The number of benzene rings is 4. The molecule has 0 fully saturated rings. The Balaban J connectivity index is 1.75. The summed E-state index contributed by atoms with van der Waals surface area (Å²) >= 11 is 0. The molecule has 0 atom stereocenters. The van der Waals surface area contributed by atoms with Gasteiger partial charge < -0.3 is 4.43 Å². The van der Waals surface area contributed by atoms with Gasteiger partial charge in [-0.25, -0.2) is 0 Å². The van der Waals surface area contributed by atoms with Crippen molar-refractivity contribution in [2.45, 2.75) is 45.0 Å². The first-order chi connectivity index (χ1) is 18.2. The van der Waals surface area contributed by atoms with Crippen molar-refractivity contribution in [3.8, 4) is 0 Å². The summed E-state index contributed by atoms with van der Waals surface area (Å²) in [6, 6.07) is 48.1. The van der Waals surface area contributed by atoms with E-state index in [0.29, 0.717) is 0 Å². The van der Waals surface area contributed by atoms with E-state index in [-0.39, 0.29) is 6.10 Å². The lowest BCUT2D eigenvalue weighted by Gasteiger charge is -2.37. The van der Waals surface area contributed by atoms with E-state index in [1.165, 1.54) is 39.4 Å². The summed E-state index contributed by atoms with van der Waals surface area (Å²) in [5.41, 5.74) is 0. The Hall–Kier alpha value is -2.08. The molecule has 0 radical (unpaired) electrons. The first kappa shape index (κ1) is 27.9. The van der Waals surface area contributed by atoms with Crippen LogP contribution in [0.15, 0.2) is 121 Å². The van der Waals surface area contributed by atoms with Crippen molar-refractivity contribution in [3.63, 3.8) is 0 Å². The lowest BCUT2D eigenvalue weighted by molar-refractivity contribution is 0.233. The van der Waals surface area contributed by atoms with Gasteiger partial charge in [0.05, 0.1) is 6.10 Å². The van der Waals surface area contributed by atoms with E-state index < -0.39 is 24.2 Å². The third-order valence-corrected chi connectivity index (χ3v) is 17.3. The van der Waals surface area contributed by atoms with Crippen molar-refractivity contribution in [1.82, 2.24) is 0 Å². The molecule has 37 heavy (non-hydrogen) atoms. The number of hydrogen-bond donors (Lipinski definition) is 0. The fourth-order valence-electron chi connectivity index (χ4n) is 5.04.